The van der Waals surface area contributed by atoms with Crippen molar-refractivity contribution >= 4 is 16.3 Å². The predicted octanol–water partition coefficient (Wildman–Crippen LogP) is 2.40. The fourth-order valence-corrected chi connectivity index (χ4v) is 3.69. The maximum Gasteiger partial charge on any atom is 0.422 e. The standard InChI is InChI=1S/C17H35N3O4S/c1-12(13-8-9-18-14(10-13)16(2,3)4)11-19-25(22,23)20-15(21)24-17(5,6)7/h12-14,18-19H,8-11H2,1-7H3,(H,20,21)/i/hD. The highest BCUT2D eigenvalue weighted by atomic mass is 32.2. The van der Waals surface area contributed by atoms with Crippen LogP contribution in [0.2, 0.25) is 1.41 Å². The summed E-state index contributed by atoms with van der Waals surface area (Å²) in [6, 6.07) is 0.139. The van der Waals surface area contributed by atoms with Gasteiger partial charge in [0.1, 0.15) is 7.01 Å². The van der Waals surface area contributed by atoms with Crippen molar-refractivity contribution in [3.05, 3.63) is 0 Å². The second kappa shape index (κ2) is 8.22. The zero-order chi connectivity index (χ0) is 20.3. The smallest absolute Gasteiger partial charge is 0.422 e. The Morgan fingerprint density at radius 3 is 2.44 bits per heavy atom. The van der Waals surface area contributed by atoms with Gasteiger partial charge in [0.25, 0.3) is 0 Å². The zero-order valence-corrected chi connectivity index (χ0v) is 17.4. The molecular formula is C17H35N3O4S. The van der Waals surface area contributed by atoms with Gasteiger partial charge in [-0.2, -0.15) is 13.1 Å². The number of rotatable bonds is 5. The Morgan fingerprint density at radius 1 is 1.32 bits per heavy atom. The van der Waals surface area contributed by atoms with Gasteiger partial charge in [-0.05, 0) is 57.4 Å². The molecule has 1 heterocycles. The van der Waals surface area contributed by atoms with Crippen molar-refractivity contribution in [1.29, 1.82) is 0 Å². The van der Waals surface area contributed by atoms with Crippen LogP contribution in [0.4, 0.5) is 4.79 Å². The van der Waals surface area contributed by atoms with Crippen LogP contribution in [-0.4, -0.2) is 39.2 Å². The normalized spacial score (nSPS) is 25.2. The van der Waals surface area contributed by atoms with Gasteiger partial charge >= 0.3 is 16.3 Å². The molecule has 0 aromatic rings. The van der Waals surface area contributed by atoms with Gasteiger partial charge in [0.2, 0.25) is 0 Å². The number of carbonyl (C=O) groups is 1. The van der Waals surface area contributed by atoms with E-state index in [4.69, 9.17) is 6.15 Å². The van der Waals surface area contributed by atoms with E-state index in [-0.39, 0.29) is 23.9 Å². The van der Waals surface area contributed by atoms with Crippen molar-refractivity contribution in [1.82, 2.24) is 14.8 Å². The van der Waals surface area contributed by atoms with Crippen LogP contribution in [0.1, 0.15) is 61.3 Å². The van der Waals surface area contributed by atoms with Crippen LogP contribution in [0.5, 0.6) is 0 Å². The summed E-state index contributed by atoms with van der Waals surface area (Å²) in [7, 11) is -3.96. The summed E-state index contributed by atoms with van der Waals surface area (Å²) in [6.07, 6.45) is 0.724. The molecule has 3 N–H and O–H groups in total. The lowest BCUT2D eigenvalue weighted by molar-refractivity contribution is 0.0569. The number of nitrogens with one attached hydrogen (secondary N) is 3. The highest BCUT2D eigenvalue weighted by Gasteiger charge is 2.33. The Morgan fingerprint density at radius 2 is 1.92 bits per heavy atom. The zero-order valence-electron chi connectivity index (χ0n) is 17.5. The van der Waals surface area contributed by atoms with Crippen molar-refractivity contribution in [2.45, 2.75) is 73.0 Å². The van der Waals surface area contributed by atoms with Gasteiger partial charge in [-0.25, -0.2) is 9.52 Å². The summed E-state index contributed by atoms with van der Waals surface area (Å²) in [5.41, 5.74) is -0.767. The van der Waals surface area contributed by atoms with Gasteiger partial charge in [0.15, 0.2) is 0 Å². The molecule has 0 saturated carbocycles. The predicted molar refractivity (Wildman–Crippen MR) is 99.4 cm³/mol. The molecule has 8 heteroatoms. The minimum atomic E-state index is -3.96. The van der Waals surface area contributed by atoms with Gasteiger partial charge in [-0.1, -0.05) is 27.7 Å². The summed E-state index contributed by atoms with van der Waals surface area (Å²) in [5, 5.41) is 1.65. The number of ether oxygens (including phenoxy) is 1. The molecule has 0 aromatic heterocycles. The molecule has 0 aromatic carbocycles. The lowest BCUT2D eigenvalue weighted by Crippen LogP contribution is -2.49. The van der Waals surface area contributed by atoms with E-state index in [1.807, 2.05) is 11.6 Å². The van der Waals surface area contributed by atoms with Crippen LogP contribution in [0.25, 0.3) is 0 Å². The van der Waals surface area contributed by atoms with E-state index in [0.29, 0.717) is 12.5 Å². The molecule has 3 unspecified atom stereocenters. The fraction of sp³-hybridized carbons (Fsp3) is 0.941. The molecule has 0 aliphatic carbocycles. The van der Waals surface area contributed by atoms with Crippen LogP contribution < -0.4 is 14.8 Å². The average molecular weight is 379 g/mol. The summed E-state index contributed by atoms with van der Waals surface area (Å²) in [4.78, 5) is 11.6. The second-order valence-corrected chi connectivity index (χ2v) is 10.5. The van der Waals surface area contributed by atoms with E-state index in [0.717, 1.165) is 12.8 Å². The Labute approximate surface area is 154 Å². The molecule has 1 rings (SSSR count). The Kier molecular flexibility index (Phi) is 6.73. The topological polar surface area (TPSA) is 96.5 Å². The van der Waals surface area contributed by atoms with E-state index >= 15 is 0 Å². The first-order valence-corrected chi connectivity index (χ1v) is 10.3. The van der Waals surface area contributed by atoms with Crippen molar-refractivity contribution in [2.75, 3.05) is 13.1 Å². The Bertz CT molecular complexity index is 584. The van der Waals surface area contributed by atoms with E-state index in [1.165, 1.54) is 0 Å². The van der Waals surface area contributed by atoms with Crippen molar-refractivity contribution < 1.29 is 19.4 Å². The minimum absolute atomic E-state index is 0.00207. The molecule has 0 spiro atoms. The van der Waals surface area contributed by atoms with E-state index in [9.17, 15) is 13.2 Å². The molecule has 1 aliphatic heterocycles. The monoisotopic (exact) mass is 378 g/mol. The molecule has 148 valence electrons. The molecule has 3 atom stereocenters. The molecule has 7 nitrogen and oxygen atoms in total. The van der Waals surface area contributed by atoms with Crippen LogP contribution in [-0.2, 0) is 14.9 Å². The van der Waals surface area contributed by atoms with Crippen molar-refractivity contribution in [3.63, 3.8) is 0 Å². The Hall–Kier alpha value is -0.860. The first-order chi connectivity index (χ1) is 11.6. The molecule has 1 fully saturated rings. The number of amides is 1. The van der Waals surface area contributed by atoms with E-state index in [1.54, 1.807) is 26.1 Å². The lowest BCUT2D eigenvalue weighted by atomic mass is 9.74. The summed E-state index contributed by atoms with van der Waals surface area (Å²) < 4.78 is 41.5. The summed E-state index contributed by atoms with van der Waals surface area (Å²) in [5.74, 6) is 0.425. The number of carbonyl (C=O) groups excluding carboxylic acids is 1. The SMILES string of the molecule is [2H]N1CCC(C(C)CNS(=O)(=O)NC(=O)OC(C)(C)C)CC1C(C)(C)C. The second-order valence-electron chi connectivity index (χ2n) is 9.01. The maximum absolute atomic E-state index is 12.0. The first-order valence-electron chi connectivity index (χ1n) is 9.31. The van der Waals surface area contributed by atoms with E-state index < -0.39 is 21.9 Å². The summed E-state index contributed by atoms with van der Waals surface area (Å²) in [6.45, 7) is 14.3. The number of hydrogen-bond acceptors (Lipinski definition) is 5. The lowest BCUT2D eigenvalue weighted by Gasteiger charge is -2.40. The van der Waals surface area contributed by atoms with Gasteiger partial charge < -0.3 is 10.0 Å². The largest absolute Gasteiger partial charge is 0.443 e. The van der Waals surface area contributed by atoms with Crippen LogP contribution in [0.3, 0.4) is 0 Å². The van der Waals surface area contributed by atoms with Crippen LogP contribution >= 0.6 is 0 Å². The Balaban J connectivity index is 2.57. The highest BCUT2D eigenvalue weighted by molar-refractivity contribution is 7.88. The van der Waals surface area contributed by atoms with Crippen LogP contribution in [0.15, 0.2) is 0 Å². The third kappa shape index (κ3) is 8.37. The quantitative estimate of drug-likeness (QED) is 0.682. The molecular weight excluding hydrogens is 342 g/mol. The van der Waals surface area contributed by atoms with Crippen molar-refractivity contribution in [2.24, 2.45) is 17.3 Å². The number of piperidine rings is 1. The van der Waals surface area contributed by atoms with Crippen molar-refractivity contribution in [3.8, 4) is 0 Å². The van der Waals surface area contributed by atoms with Gasteiger partial charge in [-0.15, -0.1) is 0 Å². The summed E-state index contributed by atoms with van der Waals surface area (Å²) >= 11 is 0. The third-order valence-electron chi connectivity index (χ3n) is 4.39. The maximum atomic E-state index is 12.0. The minimum Gasteiger partial charge on any atom is -0.443 e. The molecule has 0 bridgehead atoms. The van der Waals surface area contributed by atoms with Gasteiger partial charge in [-0.3, -0.25) is 0 Å². The molecule has 1 aliphatic rings. The van der Waals surface area contributed by atoms with Crippen LogP contribution in [0, 0.1) is 17.3 Å². The van der Waals surface area contributed by atoms with E-state index in [2.05, 4.69) is 25.5 Å². The highest BCUT2D eigenvalue weighted by Crippen LogP contribution is 2.32. The first kappa shape index (κ1) is 20.5. The molecule has 0 radical (unpaired) electrons. The molecule has 1 saturated heterocycles. The molecule has 25 heavy (non-hydrogen) atoms. The average Bonchev–Trinajstić information content (AvgIpc) is 2.41. The molecule has 1 amide bonds. The van der Waals surface area contributed by atoms with Gasteiger partial charge in [0.05, 0.1) is 0 Å². The van der Waals surface area contributed by atoms with Gasteiger partial charge in [0, 0.05) is 12.6 Å². The number of hydrogen-bond donors (Lipinski definition) is 3. The third-order valence-corrected chi connectivity index (χ3v) is 5.37. The fourth-order valence-electron chi connectivity index (χ4n) is 2.87.